The molecule has 10 aliphatic heterocycles. The molecule has 0 aromatic heterocycles. The average molecular weight is 1740 g/mol. The smallest absolute Gasteiger partial charge is 0.0705 e. The molecule has 738 valence electrons. The maximum Gasteiger partial charge on any atom is 0.0705 e. The molecule has 0 radical (unpaired) electrons. The van der Waals surface area contributed by atoms with Gasteiger partial charge in [-0.2, -0.15) is 0 Å². The molecule has 12 aliphatic rings. The summed E-state index contributed by atoms with van der Waals surface area (Å²) in [5, 5.41) is 24.1. The second kappa shape index (κ2) is 60.7. The molecule has 12 fully saturated rings. The molecule has 12 rings (SSSR count). The van der Waals surface area contributed by atoms with Gasteiger partial charge >= 0.3 is 0 Å². The fourth-order valence-corrected chi connectivity index (χ4v) is 19.5. The van der Waals surface area contributed by atoms with Crippen molar-refractivity contribution < 1.29 is 14.2 Å². The zero-order valence-electron chi connectivity index (χ0n) is 90.7. The molecule has 6 unspecified atom stereocenters. The molecule has 2 aliphatic carbocycles. The van der Waals surface area contributed by atoms with Gasteiger partial charge in [0, 0.05) is 76.5 Å². The zero-order valence-corrected chi connectivity index (χ0v) is 90.7. The van der Waals surface area contributed by atoms with Crippen LogP contribution < -0.4 is 37.2 Å². The molecule has 7 N–H and O–H groups in total. The van der Waals surface area contributed by atoms with E-state index in [2.05, 4.69) is 301 Å². The molecular weight excluding hydrogens is 1510 g/mol. The van der Waals surface area contributed by atoms with Crippen LogP contribution in [0.25, 0.3) is 0 Å². The minimum atomic E-state index is 0.393. The monoisotopic (exact) mass is 1740 g/mol. The van der Waals surface area contributed by atoms with Crippen LogP contribution in [0.15, 0.2) is 0 Å². The lowest BCUT2D eigenvalue weighted by atomic mass is 9.74. The van der Waals surface area contributed by atoms with E-state index in [9.17, 15) is 0 Å². The van der Waals surface area contributed by atoms with Gasteiger partial charge in [-0.25, -0.2) is 0 Å². The summed E-state index contributed by atoms with van der Waals surface area (Å²) in [6, 6.07) is 3.00. The largest absolute Gasteiger partial charge is 0.379 e. The summed E-state index contributed by atoms with van der Waals surface area (Å²) in [6.07, 6.45) is 41.0. The van der Waals surface area contributed by atoms with Gasteiger partial charge in [-0.15, -0.1) is 0 Å². The fraction of sp³-hybridized carbons (Fsp3) is 1.00. The summed E-state index contributed by atoms with van der Waals surface area (Å²) in [6.45, 7) is 111. The van der Waals surface area contributed by atoms with Crippen LogP contribution >= 0.6 is 0 Å². The predicted molar refractivity (Wildman–Crippen MR) is 548 cm³/mol. The minimum Gasteiger partial charge on any atom is -0.379 e. The molecule has 10 heterocycles. The Morgan fingerprint density at radius 2 is 0.561 bits per heavy atom. The highest BCUT2D eigenvalue weighted by Gasteiger charge is 2.30. The van der Waals surface area contributed by atoms with E-state index in [1.165, 1.54) is 271 Å². The second-order valence-corrected chi connectivity index (χ2v) is 55.2. The minimum absolute atomic E-state index is 0.393. The Morgan fingerprint density at radius 3 is 0.870 bits per heavy atom. The predicted octanol–water partition coefficient (Wildman–Crippen LogP) is 26.3. The van der Waals surface area contributed by atoms with E-state index in [1.54, 1.807) is 0 Å². The maximum absolute atomic E-state index is 5.59. The van der Waals surface area contributed by atoms with Crippen LogP contribution in [0, 0.1) is 88.7 Å². The molecule has 0 spiro atoms. The highest BCUT2D eigenvalue weighted by Crippen LogP contribution is 2.38. The van der Waals surface area contributed by atoms with Crippen LogP contribution in [0.2, 0.25) is 0 Å². The van der Waals surface area contributed by atoms with Crippen LogP contribution in [-0.4, -0.2) is 202 Å². The van der Waals surface area contributed by atoms with Crippen molar-refractivity contribution >= 4 is 0 Å². The van der Waals surface area contributed by atoms with Crippen LogP contribution in [0.3, 0.4) is 0 Å². The summed E-state index contributed by atoms with van der Waals surface area (Å²) < 4.78 is 16.2. The Morgan fingerprint density at radius 1 is 0.220 bits per heavy atom. The Labute approximate surface area is 773 Å². The van der Waals surface area contributed by atoms with Gasteiger partial charge in [0.15, 0.2) is 0 Å². The van der Waals surface area contributed by atoms with Crippen molar-refractivity contribution in [2.24, 2.45) is 88.7 Å². The number of nitrogens with zero attached hydrogens (tertiary/aromatic N) is 3. The van der Waals surface area contributed by atoms with Crippen molar-refractivity contribution in [2.45, 2.75) is 466 Å². The quantitative estimate of drug-likeness (QED) is 0.101. The Kier molecular flexibility index (Phi) is 59.4. The van der Waals surface area contributed by atoms with Crippen LogP contribution in [0.4, 0.5) is 0 Å². The van der Waals surface area contributed by atoms with Gasteiger partial charge in [0.1, 0.15) is 0 Å². The Bertz CT molecular complexity index is 2070. The van der Waals surface area contributed by atoms with Crippen LogP contribution in [0.5, 0.6) is 0 Å². The van der Waals surface area contributed by atoms with Crippen molar-refractivity contribution in [3.05, 3.63) is 0 Å². The van der Waals surface area contributed by atoms with E-state index in [1.807, 2.05) is 0 Å². The van der Waals surface area contributed by atoms with Crippen molar-refractivity contribution in [3.63, 3.8) is 0 Å². The number of hydrogen-bond acceptors (Lipinski definition) is 13. The second-order valence-electron chi connectivity index (χ2n) is 55.2. The first-order chi connectivity index (χ1) is 56.4. The molecular formula is C110H230N10O3. The van der Waals surface area contributed by atoms with E-state index in [-0.39, 0.29) is 0 Å². The molecule has 2 saturated carbocycles. The highest BCUT2D eigenvalue weighted by atomic mass is 16.5. The lowest BCUT2D eigenvalue weighted by molar-refractivity contribution is 0.00460. The molecule has 0 aromatic carbocycles. The standard InChI is InChI=1S/3C10H21N.C10H20.3C9H19NO.2C9H19N.C9H18.2C8H17N/c1-10(2,3)8-9-4-6-11-7-5-9;1-10(2,3)7-9-5-4-6-11-8-9;1-10(2,3)8-9-6-4-5-7-11-9;1-10(2,3)8-9-6-4-5-7-9;1-9(2,3)8-10-4-6-11-7-5-10;1-9(2,3)6-8-7-11-5-4-10-8;1-9(2,3)6-8-7-10-4-5-11-8;1-9(2,3)7-8-5-4-6-10-8;1-9(2,3)8-10-6-4-5-7-10;1-9(2,3)7-8-5-4-6-8;1-8(2,3)6-7-4-5-9-7;1-8(2,3)7-9-5-4-6-9/h3*9,11H,4-8H2,1-3H3;9H,4-8H2,1-3H3;4-8H2,1-3H3;2*8,10H,4-7H2,1-3H3;8,10H,4-7H2,1-3H3;4-8H2,1-3H3;8H,4-7H2,1-3H3;7,9H,4-6H2,1-3H3;4-7H2,1-3H3. The van der Waals surface area contributed by atoms with Crippen LogP contribution in [-0.2, 0) is 14.2 Å². The number of ether oxygens (including phenoxy) is 3. The van der Waals surface area contributed by atoms with Crippen molar-refractivity contribution in [3.8, 4) is 0 Å². The number of morpholine rings is 3. The number of rotatable bonds is 12. The Hall–Kier alpha value is -0.520. The number of likely N-dealkylation sites (tertiary alicyclic amines) is 2. The third-order valence-corrected chi connectivity index (χ3v) is 24.3. The van der Waals surface area contributed by atoms with Gasteiger partial charge in [0.2, 0.25) is 0 Å². The summed E-state index contributed by atoms with van der Waals surface area (Å²) in [7, 11) is 0. The molecule has 0 bridgehead atoms. The summed E-state index contributed by atoms with van der Waals surface area (Å²) in [5.74, 6) is 4.05. The molecule has 13 heteroatoms. The third-order valence-electron chi connectivity index (χ3n) is 24.3. The molecule has 123 heavy (non-hydrogen) atoms. The number of piperidine rings is 3. The maximum atomic E-state index is 5.59. The van der Waals surface area contributed by atoms with Gasteiger partial charge in [-0.1, -0.05) is 301 Å². The number of hydrogen-bond donors (Lipinski definition) is 7. The first kappa shape index (κ1) is 120. The zero-order chi connectivity index (χ0) is 93.5. The van der Waals surface area contributed by atoms with E-state index in [0.29, 0.717) is 77.1 Å². The highest BCUT2D eigenvalue weighted by molar-refractivity contribution is 4.86. The lowest BCUT2D eigenvalue weighted by Crippen LogP contribution is -2.44. The first-order valence-corrected chi connectivity index (χ1v) is 52.4. The van der Waals surface area contributed by atoms with E-state index >= 15 is 0 Å². The summed E-state index contributed by atoms with van der Waals surface area (Å²) in [4.78, 5) is 7.56. The van der Waals surface area contributed by atoms with Gasteiger partial charge in [0.25, 0.3) is 0 Å². The van der Waals surface area contributed by atoms with Crippen LogP contribution in [0.1, 0.15) is 435 Å². The molecule has 13 nitrogen and oxygen atoms in total. The Balaban J connectivity index is 0.000000671. The topological polar surface area (TPSA) is 122 Å². The molecule has 0 aromatic rings. The molecule has 6 atom stereocenters. The average Bonchev–Trinajstić information content (AvgIpc) is 1.38. The van der Waals surface area contributed by atoms with Gasteiger partial charge in [0.05, 0.1) is 39.1 Å². The summed E-state index contributed by atoms with van der Waals surface area (Å²) >= 11 is 0. The van der Waals surface area contributed by atoms with Crippen molar-refractivity contribution in [1.82, 2.24) is 51.9 Å². The van der Waals surface area contributed by atoms with Crippen molar-refractivity contribution in [2.75, 3.05) is 157 Å². The van der Waals surface area contributed by atoms with Crippen molar-refractivity contribution in [1.29, 1.82) is 0 Å². The van der Waals surface area contributed by atoms with Gasteiger partial charge in [-0.05, 0) is 295 Å². The van der Waals surface area contributed by atoms with E-state index in [0.717, 1.165) is 114 Å². The van der Waals surface area contributed by atoms with Gasteiger partial charge < -0.3 is 61.2 Å². The first-order valence-electron chi connectivity index (χ1n) is 52.4. The van der Waals surface area contributed by atoms with E-state index in [4.69, 9.17) is 14.2 Å². The third kappa shape index (κ3) is 80.8. The molecule has 10 saturated heterocycles. The van der Waals surface area contributed by atoms with Gasteiger partial charge in [-0.3, -0.25) is 4.90 Å². The number of nitrogens with one attached hydrogen (secondary N) is 7. The SMILES string of the molecule is CC(C)(C)CC1CCC1.CC(C)(C)CC1CCCC1.CC(C)(C)CC1CCCCN1.CC(C)(C)CC1CCCN1.CC(C)(C)CC1CCCNC1.CC(C)(C)CC1CCN1.CC(C)(C)CC1CCNCC1.CC(C)(C)CC1CNCCO1.CC(C)(C)CC1COCCN1.CC(C)(C)CN1CCC1.CC(C)(C)CN1CCCC1.CC(C)(C)CN1CCOCC1. The molecule has 0 amide bonds. The summed E-state index contributed by atoms with van der Waals surface area (Å²) in [5.41, 5.74) is 5.92. The van der Waals surface area contributed by atoms with E-state index < -0.39 is 0 Å². The normalized spacial score (nSPS) is 24.6. The fourth-order valence-electron chi connectivity index (χ4n) is 19.5. The lowest BCUT2D eigenvalue weighted by Gasteiger charge is -2.36.